The average molecular weight is 476 g/mol. The van der Waals surface area contributed by atoms with E-state index >= 15 is 0 Å². The second-order valence-corrected chi connectivity index (χ2v) is 9.93. The van der Waals surface area contributed by atoms with E-state index in [-0.39, 0.29) is 17.9 Å². The maximum absolute atomic E-state index is 13.0. The number of hydrogen-bond donors (Lipinski definition) is 2. The topological polar surface area (TPSA) is 107 Å². The molecule has 2 aromatic heterocycles. The average Bonchev–Trinajstić information content (AvgIpc) is 3.18. The van der Waals surface area contributed by atoms with Crippen molar-refractivity contribution in [3.8, 4) is 11.1 Å². The number of halogens is 1. The number of ether oxygens (including phenoxy) is 2. The molecule has 0 saturated heterocycles. The highest BCUT2D eigenvalue weighted by molar-refractivity contribution is 6.33. The van der Waals surface area contributed by atoms with Crippen molar-refractivity contribution < 1.29 is 19.1 Å². The minimum Gasteiger partial charge on any atom is -0.444 e. The van der Waals surface area contributed by atoms with E-state index in [4.69, 9.17) is 21.1 Å². The first-order valence-electron chi connectivity index (χ1n) is 11.3. The summed E-state index contributed by atoms with van der Waals surface area (Å²) in [5, 5.41) is 10.7. The predicted molar refractivity (Wildman–Crippen MR) is 124 cm³/mol. The van der Waals surface area contributed by atoms with Crippen molar-refractivity contribution >= 4 is 29.4 Å². The van der Waals surface area contributed by atoms with E-state index in [9.17, 15) is 9.59 Å². The minimum atomic E-state index is -0.561. The molecule has 1 aliphatic heterocycles. The van der Waals surface area contributed by atoms with Crippen LogP contribution in [0.5, 0.6) is 0 Å². The Balaban J connectivity index is 1.42. The van der Waals surface area contributed by atoms with Gasteiger partial charge in [0.1, 0.15) is 11.4 Å². The Morgan fingerprint density at radius 3 is 2.85 bits per heavy atom. The number of nitrogens with one attached hydrogen (secondary N) is 2. The molecular formula is C23H30ClN5O4. The maximum Gasteiger partial charge on any atom is 0.407 e. The van der Waals surface area contributed by atoms with Crippen LogP contribution in [0.4, 0.5) is 10.6 Å². The normalized spacial score (nSPS) is 20.6. The third kappa shape index (κ3) is 5.83. The van der Waals surface area contributed by atoms with Crippen LogP contribution in [-0.4, -0.2) is 45.0 Å². The molecule has 4 rings (SSSR count). The Kier molecular flexibility index (Phi) is 6.90. The van der Waals surface area contributed by atoms with Crippen molar-refractivity contribution in [1.29, 1.82) is 0 Å². The first-order chi connectivity index (χ1) is 15.7. The molecule has 178 valence electrons. The summed E-state index contributed by atoms with van der Waals surface area (Å²) < 4.78 is 12.8. The fourth-order valence-electron chi connectivity index (χ4n) is 4.28. The van der Waals surface area contributed by atoms with Gasteiger partial charge in [0, 0.05) is 29.3 Å². The van der Waals surface area contributed by atoms with Crippen molar-refractivity contribution in [2.75, 3.05) is 11.9 Å². The number of pyridine rings is 1. The van der Waals surface area contributed by atoms with Gasteiger partial charge in [-0.2, -0.15) is 5.10 Å². The zero-order chi connectivity index (χ0) is 23.6. The Bertz CT molecular complexity index is 1030. The van der Waals surface area contributed by atoms with Crippen LogP contribution < -0.4 is 10.6 Å². The van der Waals surface area contributed by atoms with E-state index in [2.05, 4.69) is 20.7 Å². The van der Waals surface area contributed by atoms with Crippen LogP contribution in [0.25, 0.3) is 11.1 Å². The Morgan fingerprint density at radius 2 is 2.06 bits per heavy atom. The van der Waals surface area contributed by atoms with Crippen molar-refractivity contribution in [2.24, 2.45) is 5.92 Å². The molecule has 2 aromatic rings. The molecule has 0 bridgehead atoms. The number of rotatable bonds is 4. The highest BCUT2D eigenvalue weighted by atomic mass is 35.5. The van der Waals surface area contributed by atoms with Gasteiger partial charge in [0.05, 0.1) is 36.7 Å². The summed E-state index contributed by atoms with van der Waals surface area (Å²) in [5.74, 6) is 0.0852. The van der Waals surface area contributed by atoms with Gasteiger partial charge in [0.15, 0.2) is 0 Å². The molecule has 9 nitrogen and oxygen atoms in total. The predicted octanol–water partition coefficient (Wildman–Crippen LogP) is 4.15. The number of carbonyl (C=O) groups excluding carboxylic acids is 2. The number of aromatic nitrogens is 3. The van der Waals surface area contributed by atoms with Gasteiger partial charge < -0.3 is 20.1 Å². The van der Waals surface area contributed by atoms with Gasteiger partial charge in [-0.05, 0) is 46.1 Å². The summed E-state index contributed by atoms with van der Waals surface area (Å²) in [6, 6.07) is 1.67. The molecule has 0 aromatic carbocycles. The number of carbonyl (C=O) groups is 2. The van der Waals surface area contributed by atoms with E-state index in [0.717, 1.165) is 36.1 Å². The maximum atomic E-state index is 13.0. The number of nitrogens with zero attached hydrogens (tertiary/aromatic N) is 3. The van der Waals surface area contributed by atoms with Gasteiger partial charge >= 0.3 is 6.09 Å². The zero-order valence-corrected chi connectivity index (χ0v) is 19.9. The molecule has 10 heteroatoms. The number of amides is 2. The lowest BCUT2D eigenvalue weighted by Crippen LogP contribution is -2.43. The molecule has 1 saturated carbocycles. The largest absolute Gasteiger partial charge is 0.444 e. The lowest BCUT2D eigenvalue weighted by atomic mass is 9.85. The third-order valence-corrected chi connectivity index (χ3v) is 6.10. The van der Waals surface area contributed by atoms with Crippen molar-refractivity contribution in [3.63, 3.8) is 0 Å². The van der Waals surface area contributed by atoms with E-state index in [1.165, 1.54) is 6.20 Å². The molecule has 1 fully saturated rings. The van der Waals surface area contributed by atoms with Gasteiger partial charge in [-0.25, -0.2) is 9.78 Å². The Morgan fingerprint density at radius 1 is 1.24 bits per heavy atom. The fourth-order valence-corrected chi connectivity index (χ4v) is 4.48. The van der Waals surface area contributed by atoms with Gasteiger partial charge in [-0.3, -0.25) is 9.48 Å². The van der Waals surface area contributed by atoms with Crippen LogP contribution in [-0.2, 0) is 27.4 Å². The van der Waals surface area contributed by atoms with Gasteiger partial charge in [-0.1, -0.05) is 18.0 Å². The first kappa shape index (κ1) is 23.5. The molecule has 0 spiro atoms. The number of fused-ring (bicyclic) bond motifs is 1. The van der Waals surface area contributed by atoms with E-state index in [0.29, 0.717) is 37.0 Å². The van der Waals surface area contributed by atoms with Crippen LogP contribution in [0.3, 0.4) is 0 Å². The fraction of sp³-hybridized carbons (Fsp3) is 0.565. The molecule has 2 aliphatic rings. The van der Waals surface area contributed by atoms with E-state index < -0.39 is 11.7 Å². The molecule has 0 radical (unpaired) electrons. The van der Waals surface area contributed by atoms with Gasteiger partial charge in [0.2, 0.25) is 5.91 Å². The summed E-state index contributed by atoms with van der Waals surface area (Å²) >= 11 is 6.42. The van der Waals surface area contributed by atoms with Gasteiger partial charge in [0.25, 0.3) is 0 Å². The van der Waals surface area contributed by atoms with E-state index in [1.807, 2.05) is 25.5 Å². The third-order valence-electron chi connectivity index (χ3n) is 5.80. The van der Waals surface area contributed by atoms with Crippen LogP contribution in [0.2, 0.25) is 5.02 Å². The van der Waals surface area contributed by atoms with Crippen molar-refractivity contribution in [1.82, 2.24) is 20.1 Å². The summed E-state index contributed by atoms with van der Waals surface area (Å²) in [6.45, 7) is 7.26. The highest BCUT2D eigenvalue weighted by Gasteiger charge is 2.30. The quantitative estimate of drug-likeness (QED) is 0.687. The van der Waals surface area contributed by atoms with Crippen molar-refractivity contribution in [2.45, 2.75) is 71.2 Å². The SMILES string of the molecule is CC(C)(C)OC(=O)N[C@@H]1CCC[C@H](C(=O)Nc2cc(-c3cnn4c3COCC4)c(Cl)cn2)C1. The molecule has 1 aliphatic carbocycles. The standard InChI is InChI=1S/C23H30ClN5O4/c1-23(2,3)33-22(31)27-15-6-4-5-14(9-15)21(30)28-20-10-16(18(24)12-25-20)17-11-26-29-7-8-32-13-19(17)29/h10-12,14-15H,4-9,13H2,1-3H3,(H,27,31)(H,25,28,30)/t14-,15+/m0/s1. The lowest BCUT2D eigenvalue weighted by molar-refractivity contribution is -0.121. The van der Waals surface area contributed by atoms with Crippen LogP contribution in [0, 0.1) is 5.92 Å². The summed E-state index contributed by atoms with van der Waals surface area (Å²) in [6.07, 6.45) is 5.83. The zero-order valence-electron chi connectivity index (χ0n) is 19.2. The molecular weight excluding hydrogens is 446 g/mol. The molecule has 3 heterocycles. The highest BCUT2D eigenvalue weighted by Crippen LogP contribution is 2.33. The van der Waals surface area contributed by atoms with Crippen LogP contribution in [0.1, 0.15) is 52.1 Å². The van der Waals surface area contributed by atoms with Crippen LogP contribution in [0.15, 0.2) is 18.5 Å². The van der Waals surface area contributed by atoms with Crippen LogP contribution >= 0.6 is 11.6 Å². The van der Waals surface area contributed by atoms with Crippen molar-refractivity contribution in [3.05, 3.63) is 29.2 Å². The molecule has 2 amide bonds. The van der Waals surface area contributed by atoms with Gasteiger partial charge in [-0.15, -0.1) is 0 Å². The molecule has 33 heavy (non-hydrogen) atoms. The number of anilines is 1. The number of hydrogen-bond acceptors (Lipinski definition) is 6. The Labute approximate surface area is 198 Å². The smallest absolute Gasteiger partial charge is 0.407 e. The monoisotopic (exact) mass is 475 g/mol. The second-order valence-electron chi connectivity index (χ2n) is 9.53. The molecule has 0 unspecified atom stereocenters. The summed E-state index contributed by atoms with van der Waals surface area (Å²) in [5.41, 5.74) is 2.02. The minimum absolute atomic E-state index is 0.1000. The van der Waals surface area contributed by atoms with E-state index in [1.54, 1.807) is 12.3 Å². The summed E-state index contributed by atoms with van der Waals surface area (Å²) in [4.78, 5) is 29.4. The number of alkyl carbamates (subject to hydrolysis) is 1. The lowest BCUT2D eigenvalue weighted by Gasteiger charge is -2.30. The molecule has 2 atom stereocenters. The second kappa shape index (κ2) is 9.69. The Hall–Kier alpha value is -2.65. The molecule has 2 N–H and O–H groups in total. The first-order valence-corrected chi connectivity index (χ1v) is 11.7. The summed E-state index contributed by atoms with van der Waals surface area (Å²) in [7, 11) is 0.